The Hall–Kier alpha value is -5.63. The standard InChI is InChI=1S/C31H27F3N8O3/c1-16-10-11-23(38-28(44)19-6-4-7-20(12-19)31(32,33)34)14-25(16)42-18(3)24-15-36-29(40-26(24)41-30(42)45)39-22-9-5-8-21(13-22)37-27(43)17(2)35/h4-15,17H,35H2,1-3H3,(H,37,43)(H,38,44)(H,39,40,41,45). The fraction of sp³-hybridized carbons (Fsp3) is 0.161. The summed E-state index contributed by atoms with van der Waals surface area (Å²) in [6, 6.07) is 15.0. The van der Waals surface area contributed by atoms with Crippen molar-refractivity contribution in [3.8, 4) is 5.69 Å². The Morgan fingerprint density at radius 1 is 0.911 bits per heavy atom. The summed E-state index contributed by atoms with van der Waals surface area (Å²) < 4.78 is 40.7. The van der Waals surface area contributed by atoms with Gasteiger partial charge in [-0.3, -0.25) is 14.2 Å². The van der Waals surface area contributed by atoms with Crippen molar-refractivity contribution in [1.29, 1.82) is 0 Å². The van der Waals surface area contributed by atoms with Gasteiger partial charge in [-0.2, -0.15) is 23.1 Å². The summed E-state index contributed by atoms with van der Waals surface area (Å²) in [5, 5.41) is 8.81. The maximum absolute atomic E-state index is 13.3. The summed E-state index contributed by atoms with van der Waals surface area (Å²) in [7, 11) is 0. The maximum Gasteiger partial charge on any atom is 0.416 e. The van der Waals surface area contributed by atoms with E-state index in [0.29, 0.717) is 33.7 Å². The molecule has 3 aromatic carbocycles. The van der Waals surface area contributed by atoms with E-state index in [0.717, 1.165) is 18.2 Å². The third-order valence-corrected chi connectivity index (χ3v) is 6.85. The number of hydrogen-bond donors (Lipinski definition) is 4. The van der Waals surface area contributed by atoms with E-state index in [1.54, 1.807) is 57.2 Å². The lowest BCUT2D eigenvalue weighted by atomic mass is 10.1. The topological polar surface area (TPSA) is 157 Å². The van der Waals surface area contributed by atoms with Gasteiger partial charge in [-0.05, 0) is 74.9 Å². The molecule has 5 aromatic rings. The van der Waals surface area contributed by atoms with Crippen LogP contribution in [0.25, 0.3) is 16.7 Å². The number of nitrogens with one attached hydrogen (secondary N) is 3. The van der Waals surface area contributed by atoms with Gasteiger partial charge >= 0.3 is 11.9 Å². The Labute approximate surface area is 254 Å². The number of anilines is 4. The van der Waals surface area contributed by atoms with E-state index in [4.69, 9.17) is 5.73 Å². The molecule has 0 spiro atoms. The number of nitrogens with zero attached hydrogens (tertiary/aromatic N) is 4. The van der Waals surface area contributed by atoms with Crippen LogP contribution in [0.5, 0.6) is 0 Å². The Kier molecular flexibility index (Phi) is 8.33. The van der Waals surface area contributed by atoms with E-state index < -0.39 is 29.4 Å². The first kappa shape index (κ1) is 30.8. The number of benzene rings is 3. The number of nitrogens with two attached hydrogens (primary N) is 1. The van der Waals surface area contributed by atoms with Gasteiger partial charge in [0.1, 0.15) is 0 Å². The Bertz CT molecular complexity index is 2010. The van der Waals surface area contributed by atoms with Crippen molar-refractivity contribution in [2.24, 2.45) is 5.73 Å². The number of aryl methyl sites for hydroxylation is 2. The van der Waals surface area contributed by atoms with E-state index in [1.807, 2.05) is 0 Å². The first-order chi connectivity index (χ1) is 21.3. The van der Waals surface area contributed by atoms with Gasteiger partial charge in [-0.15, -0.1) is 0 Å². The molecular formula is C31H27F3N8O3. The van der Waals surface area contributed by atoms with E-state index in [9.17, 15) is 27.6 Å². The predicted molar refractivity (Wildman–Crippen MR) is 164 cm³/mol. The molecule has 0 aliphatic rings. The molecule has 0 aliphatic heterocycles. The highest BCUT2D eigenvalue weighted by molar-refractivity contribution is 6.04. The minimum Gasteiger partial charge on any atom is -0.325 e. The molecular weight excluding hydrogens is 589 g/mol. The minimum absolute atomic E-state index is 0.138. The number of amides is 2. The highest BCUT2D eigenvalue weighted by atomic mass is 19.4. The molecule has 1 unspecified atom stereocenters. The number of carbonyl (C=O) groups excluding carboxylic acids is 2. The van der Waals surface area contributed by atoms with Crippen LogP contribution >= 0.6 is 0 Å². The predicted octanol–water partition coefficient (Wildman–Crippen LogP) is 5.09. The number of aromatic nitrogens is 4. The molecule has 14 heteroatoms. The number of halogens is 3. The van der Waals surface area contributed by atoms with Crippen LogP contribution in [0.4, 0.5) is 36.2 Å². The second kappa shape index (κ2) is 12.2. The van der Waals surface area contributed by atoms with Crippen molar-refractivity contribution in [1.82, 2.24) is 19.5 Å². The molecule has 5 N–H and O–H groups in total. The maximum atomic E-state index is 13.3. The van der Waals surface area contributed by atoms with Crippen LogP contribution in [0, 0.1) is 13.8 Å². The molecule has 5 rings (SSSR count). The molecule has 0 fully saturated rings. The van der Waals surface area contributed by atoms with Crippen LogP contribution in [0.3, 0.4) is 0 Å². The molecule has 230 valence electrons. The van der Waals surface area contributed by atoms with Crippen LogP contribution < -0.4 is 27.4 Å². The van der Waals surface area contributed by atoms with Gasteiger partial charge in [0.05, 0.1) is 22.7 Å². The summed E-state index contributed by atoms with van der Waals surface area (Å²) in [6.45, 7) is 5.03. The van der Waals surface area contributed by atoms with Crippen LogP contribution in [-0.2, 0) is 11.0 Å². The first-order valence-electron chi connectivity index (χ1n) is 13.6. The number of hydrogen-bond acceptors (Lipinski definition) is 8. The average molecular weight is 617 g/mol. The fourth-order valence-corrected chi connectivity index (χ4v) is 4.49. The lowest BCUT2D eigenvalue weighted by molar-refractivity contribution is -0.137. The highest BCUT2D eigenvalue weighted by Gasteiger charge is 2.31. The number of rotatable bonds is 7. The van der Waals surface area contributed by atoms with Gasteiger partial charge in [-0.1, -0.05) is 18.2 Å². The quantitative estimate of drug-likeness (QED) is 0.197. The lowest BCUT2D eigenvalue weighted by Crippen LogP contribution is -2.32. The van der Waals surface area contributed by atoms with Crippen molar-refractivity contribution in [2.45, 2.75) is 33.0 Å². The van der Waals surface area contributed by atoms with E-state index >= 15 is 0 Å². The molecule has 0 bridgehead atoms. The summed E-state index contributed by atoms with van der Waals surface area (Å²) in [5.74, 6) is -0.923. The zero-order valence-electron chi connectivity index (χ0n) is 24.2. The summed E-state index contributed by atoms with van der Waals surface area (Å²) in [5.41, 5.74) is 6.90. The Morgan fingerprint density at radius 2 is 1.62 bits per heavy atom. The SMILES string of the molecule is Cc1ccc(NC(=O)c2cccc(C(F)(F)F)c2)cc1-n1c(C)c2cnc(Nc3cccc(NC(=O)C(C)N)c3)nc2nc1=O. The zero-order valence-corrected chi connectivity index (χ0v) is 24.2. The van der Waals surface area contributed by atoms with E-state index in [-0.39, 0.29) is 28.8 Å². The second-order valence-corrected chi connectivity index (χ2v) is 10.3. The molecule has 1 atom stereocenters. The lowest BCUT2D eigenvalue weighted by Gasteiger charge is -2.16. The molecule has 0 radical (unpaired) electrons. The summed E-state index contributed by atoms with van der Waals surface area (Å²) >= 11 is 0. The van der Waals surface area contributed by atoms with Crippen LogP contribution in [0.1, 0.15) is 34.1 Å². The van der Waals surface area contributed by atoms with Crippen molar-refractivity contribution in [3.05, 3.63) is 106 Å². The normalized spacial score (nSPS) is 12.1. The molecule has 2 amide bonds. The van der Waals surface area contributed by atoms with Crippen LogP contribution in [-0.4, -0.2) is 37.4 Å². The minimum atomic E-state index is -4.59. The number of fused-ring (bicyclic) bond motifs is 1. The molecule has 0 saturated carbocycles. The van der Waals surface area contributed by atoms with Crippen molar-refractivity contribution in [3.63, 3.8) is 0 Å². The largest absolute Gasteiger partial charge is 0.416 e. The summed E-state index contributed by atoms with van der Waals surface area (Å²) in [4.78, 5) is 50.9. The van der Waals surface area contributed by atoms with Gasteiger partial charge in [0.15, 0.2) is 5.65 Å². The molecule has 2 aromatic heterocycles. The number of alkyl halides is 3. The Morgan fingerprint density at radius 3 is 2.36 bits per heavy atom. The molecule has 2 heterocycles. The van der Waals surface area contributed by atoms with Crippen LogP contribution in [0.2, 0.25) is 0 Å². The fourth-order valence-electron chi connectivity index (χ4n) is 4.49. The molecule has 45 heavy (non-hydrogen) atoms. The second-order valence-electron chi connectivity index (χ2n) is 10.3. The van der Waals surface area contributed by atoms with Gasteiger partial charge in [-0.25, -0.2) is 9.78 Å². The summed E-state index contributed by atoms with van der Waals surface area (Å²) in [6.07, 6.45) is -3.08. The van der Waals surface area contributed by atoms with E-state index in [1.165, 1.54) is 22.9 Å². The highest BCUT2D eigenvalue weighted by Crippen LogP contribution is 2.30. The first-order valence-corrected chi connectivity index (χ1v) is 13.6. The third kappa shape index (κ3) is 6.80. The third-order valence-electron chi connectivity index (χ3n) is 6.85. The van der Waals surface area contributed by atoms with Gasteiger partial charge in [0.2, 0.25) is 11.9 Å². The van der Waals surface area contributed by atoms with E-state index in [2.05, 4.69) is 30.9 Å². The average Bonchev–Trinajstić information content (AvgIpc) is 2.98. The molecule has 0 aliphatic carbocycles. The van der Waals surface area contributed by atoms with Gasteiger partial charge in [0, 0.05) is 34.5 Å². The van der Waals surface area contributed by atoms with Gasteiger partial charge < -0.3 is 21.7 Å². The van der Waals surface area contributed by atoms with Crippen molar-refractivity contribution < 1.29 is 22.8 Å². The van der Waals surface area contributed by atoms with Gasteiger partial charge in [0.25, 0.3) is 5.91 Å². The van der Waals surface area contributed by atoms with Crippen molar-refractivity contribution >= 4 is 45.9 Å². The monoisotopic (exact) mass is 616 g/mol. The molecule has 11 nitrogen and oxygen atoms in total. The van der Waals surface area contributed by atoms with Crippen LogP contribution in [0.15, 0.2) is 77.7 Å². The zero-order chi connectivity index (χ0) is 32.5. The number of carbonyl (C=O) groups is 2. The molecule has 0 saturated heterocycles. The smallest absolute Gasteiger partial charge is 0.325 e. The van der Waals surface area contributed by atoms with Crippen molar-refractivity contribution in [2.75, 3.05) is 16.0 Å². The Balaban J connectivity index is 1.42.